The minimum Gasteiger partial charge on any atom is -0.481 e. The van der Waals surface area contributed by atoms with Gasteiger partial charge < -0.3 is 9.67 Å². The summed E-state index contributed by atoms with van der Waals surface area (Å²) in [7, 11) is 0. The summed E-state index contributed by atoms with van der Waals surface area (Å²) < 4.78 is 2.12. The number of nitrogens with zero attached hydrogens (tertiary/aromatic N) is 2. The Morgan fingerprint density at radius 2 is 1.95 bits per heavy atom. The fourth-order valence-electron chi connectivity index (χ4n) is 2.64. The first kappa shape index (κ1) is 14.3. The van der Waals surface area contributed by atoms with Gasteiger partial charge in [0.15, 0.2) is 0 Å². The maximum atomic E-state index is 10.9. The molecule has 0 amide bonds. The Balaban J connectivity index is 2.03. The number of carboxylic acid groups (broad SMARTS) is 1. The van der Waals surface area contributed by atoms with E-state index in [-0.39, 0.29) is 6.42 Å². The quantitative estimate of drug-likeness (QED) is 0.784. The van der Waals surface area contributed by atoms with Crippen LogP contribution in [0.1, 0.15) is 23.4 Å². The lowest BCUT2D eigenvalue weighted by atomic mass is 10.2. The molecule has 1 N–H and O–H groups in total. The van der Waals surface area contributed by atoms with Gasteiger partial charge in [-0.15, -0.1) is 0 Å². The van der Waals surface area contributed by atoms with Crippen LogP contribution in [0.2, 0.25) is 0 Å². The van der Waals surface area contributed by atoms with Crippen molar-refractivity contribution in [2.24, 2.45) is 0 Å². The van der Waals surface area contributed by atoms with E-state index in [9.17, 15) is 4.79 Å². The number of hydrogen-bond donors (Lipinski definition) is 1. The molecule has 3 rings (SSSR count). The lowest BCUT2D eigenvalue weighted by molar-refractivity contribution is -0.137. The van der Waals surface area contributed by atoms with Gasteiger partial charge in [0.25, 0.3) is 0 Å². The van der Waals surface area contributed by atoms with Gasteiger partial charge in [-0.1, -0.05) is 36.4 Å². The molecular formula is C18H18N2O2. The van der Waals surface area contributed by atoms with E-state index in [1.54, 1.807) is 0 Å². The second-order valence-electron chi connectivity index (χ2n) is 5.49. The highest BCUT2D eigenvalue weighted by atomic mass is 16.4. The molecular weight excluding hydrogens is 276 g/mol. The molecule has 4 heteroatoms. The van der Waals surface area contributed by atoms with E-state index in [4.69, 9.17) is 5.11 Å². The Bertz CT molecular complexity index is 807. The first-order chi connectivity index (χ1) is 10.6. The largest absolute Gasteiger partial charge is 0.481 e. The third kappa shape index (κ3) is 3.01. The summed E-state index contributed by atoms with van der Waals surface area (Å²) in [4.78, 5) is 15.5. The summed E-state index contributed by atoms with van der Waals surface area (Å²) >= 11 is 0. The monoisotopic (exact) mass is 294 g/mol. The highest BCUT2D eigenvalue weighted by Gasteiger charge is 2.12. The van der Waals surface area contributed by atoms with Gasteiger partial charge in [-0.05, 0) is 30.2 Å². The Labute approximate surface area is 129 Å². The van der Waals surface area contributed by atoms with Gasteiger partial charge >= 0.3 is 5.97 Å². The number of imidazole rings is 1. The fraction of sp³-hybridized carbons (Fsp3) is 0.222. The van der Waals surface area contributed by atoms with E-state index in [0.29, 0.717) is 13.0 Å². The van der Waals surface area contributed by atoms with Crippen molar-refractivity contribution in [3.05, 3.63) is 65.5 Å². The normalized spacial score (nSPS) is 11.0. The third-order valence-corrected chi connectivity index (χ3v) is 3.73. The zero-order valence-corrected chi connectivity index (χ0v) is 12.5. The number of carbonyl (C=O) groups is 1. The molecule has 0 radical (unpaired) electrons. The number of benzene rings is 2. The summed E-state index contributed by atoms with van der Waals surface area (Å²) in [5, 5.41) is 8.94. The van der Waals surface area contributed by atoms with E-state index >= 15 is 0 Å². The highest BCUT2D eigenvalue weighted by Crippen LogP contribution is 2.20. The van der Waals surface area contributed by atoms with Crippen molar-refractivity contribution in [1.29, 1.82) is 0 Å². The number of aryl methyl sites for hydroxylation is 2. The molecule has 22 heavy (non-hydrogen) atoms. The second kappa shape index (κ2) is 6.02. The summed E-state index contributed by atoms with van der Waals surface area (Å²) in [6, 6.07) is 16.3. The molecule has 3 aromatic rings. The van der Waals surface area contributed by atoms with Crippen LogP contribution < -0.4 is 0 Å². The zero-order chi connectivity index (χ0) is 15.5. The van der Waals surface area contributed by atoms with Gasteiger partial charge in [-0.3, -0.25) is 4.79 Å². The molecule has 4 nitrogen and oxygen atoms in total. The summed E-state index contributed by atoms with van der Waals surface area (Å²) in [6.45, 7) is 2.74. The predicted molar refractivity (Wildman–Crippen MR) is 86.0 cm³/mol. The molecule has 0 bridgehead atoms. The van der Waals surface area contributed by atoms with Crippen LogP contribution in [0.5, 0.6) is 0 Å². The molecule has 0 saturated carbocycles. The van der Waals surface area contributed by atoms with Crippen LogP contribution in [0.3, 0.4) is 0 Å². The van der Waals surface area contributed by atoms with Crippen LogP contribution in [-0.2, 0) is 17.8 Å². The van der Waals surface area contributed by atoms with Gasteiger partial charge in [0.2, 0.25) is 0 Å². The van der Waals surface area contributed by atoms with E-state index < -0.39 is 5.97 Å². The molecule has 1 aromatic heterocycles. The number of hydrogen-bond acceptors (Lipinski definition) is 2. The van der Waals surface area contributed by atoms with E-state index in [1.165, 1.54) is 5.56 Å². The van der Waals surface area contributed by atoms with Crippen molar-refractivity contribution in [2.45, 2.75) is 26.3 Å². The van der Waals surface area contributed by atoms with Crippen molar-refractivity contribution < 1.29 is 9.90 Å². The lowest BCUT2D eigenvalue weighted by Gasteiger charge is -2.09. The van der Waals surface area contributed by atoms with Crippen molar-refractivity contribution in [3.63, 3.8) is 0 Å². The molecule has 0 aliphatic rings. The van der Waals surface area contributed by atoms with Gasteiger partial charge in [0.1, 0.15) is 5.82 Å². The van der Waals surface area contributed by atoms with Gasteiger partial charge in [0, 0.05) is 13.0 Å². The molecule has 1 heterocycles. The SMILES string of the molecule is Cc1ccc2c(c1)nc(CCC(=O)O)n2Cc1ccccc1. The van der Waals surface area contributed by atoms with Crippen LogP contribution in [0, 0.1) is 6.92 Å². The maximum Gasteiger partial charge on any atom is 0.303 e. The molecule has 0 atom stereocenters. The molecule has 0 aliphatic carbocycles. The summed E-state index contributed by atoms with van der Waals surface area (Å²) in [6.07, 6.45) is 0.535. The standard InChI is InChI=1S/C18H18N2O2/c1-13-7-8-16-15(11-13)19-17(9-10-18(21)22)20(16)12-14-5-3-2-4-6-14/h2-8,11H,9-10,12H2,1H3,(H,21,22). The number of rotatable bonds is 5. The molecule has 0 fully saturated rings. The number of carboxylic acids is 1. The van der Waals surface area contributed by atoms with Crippen LogP contribution >= 0.6 is 0 Å². The molecule has 0 spiro atoms. The van der Waals surface area contributed by atoms with E-state index in [0.717, 1.165) is 22.4 Å². The van der Waals surface area contributed by atoms with Crippen LogP contribution in [0.25, 0.3) is 11.0 Å². The Hall–Kier alpha value is -2.62. The van der Waals surface area contributed by atoms with Gasteiger partial charge in [-0.2, -0.15) is 0 Å². The third-order valence-electron chi connectivity index (χ3n) is 3.73. The van der Waals surface area contributed by atoms with Crippen molar-refractivity contribution in [3.8, 4) is 0 Å². The van der Waals surface area contributed by atoms with Crippen LogP contribution in [0.4, 0.5) is 0 Å². The molecule has 2 aromatic carbocycles. The van der Waals surface area contributed by atoms with Gasteiger partial charge in [-0.25, -0.2) is 4.98 Å². The van der Waals surface area contributed by atoms with Crippen molar-refractivity contribution in [1.82, 2.24) is 9.55 Å². The number of aromatic nitrogens is 2. The summed E-state index contributed by atoms with van der Waals surface area (Å²) in [5.74, 6) is 0.0290. The smallest absolute Gasteiger partial charge is 0.303 e. The minimum absolute atomic E-state index is 0.0943. The van der Waals surface area contributed by atoms with E-state index in [1.807, 2.05) is 31.2 Å². The molecule has 0 aliphatic heterocycles. The highest BCUT2D eigenvalue weighted by molar-refractivity contribution is 5.77. The lowest BCUT2D eigenvalue weighted by Crippen LogP contribution is -2.07. The average Bonchev–Trinajstić information content (AvgIpc) is 2.83. The van der Waals surface area contributed by atoms with Crippen LogP contribution in [0.15, 0.2) is 48.5 Å². The predicted octanol–water partition coefficient (Wildman–Crippen LogP) is 3.41. The van der Waals surface area contributed by atoms with Gasteiger partial charge in [0.05, 0.1) is 17.5 Å². The zero-order valence-electron chi connectivity index (χ0n) is 12.5. The number of aliphatic carboxylic acids is 1. The first-order valence-corrected chi connectivity index (χ1v) is 7.35. The van der Waals surface area contributed by atoms with Crippen molar-refractivity contribution >= 4 is 17.0 Å². The Morgan fingerprint density at radius 3 is 2.68 bits per heavy atom. The first-order valence-electron chi connectivity index (χ1n) is 7.35. The number of fused-ring (bicyclic) bond motifs is 1. The molecule has 0 saturated heterocycles. The minimum atomic E-state index is -0.797. The Morgan fingerprint density at radius 1 is 1.18 bits per heavy atom. The molecule has 0 unspecified atom stereocenters. The summed E-state index contributed by atoms with van der Waals surface area (Å²) in [5.41, 5.74) is 4.31. The molecule has 112 valence electrons. The van der Waals surface area contributed by atoms with Crippen LogP contribution in [-0.4, -0.2) is 20.6 Å². The Kier molecular flexibility index (Phi) is 3.92. The van der Waals surface area contributed by atoms with Crippen molar-refractivity contribution in [2.75, 3.05) is 0 Å². The fourth-order valence-corrected chi connectivity index (χ4v) is 2.64. The van der Waals surface area contributed by atoms with E-state index in [2.05, 4.69) is 33.8 Å². The topological polar surface area (TPSA) is 55.1 Å². The average molecular weight is 294 g/mol. The second-order valence-corrected chi connectivity index (χ2v) is 5.49. The maximum absolute atomic E-state index is 10.9.